The molecule has 0 aliphatic heterocycles. The van der Waals surface area contributed by atoms with Crippen molar-refractivity contribution in [3.63, 3.8) is 0 Å². The molecule has 0 saturated heterocycles. The Kier molecular flexibility index (Phi) is 7.44. The van der Waals surface area contributed by atoms with Crippen LogP contribution >= 0.6 is 11.3 Å². The van der Waals surface area contributed by atoms with E-state index in [4.69, 9.17) is 4.74 Å². The lowest BCUT2D eigenvalue weighted by Gasteiger charge is -2.26. The molecule has 1 heterocycles. The summed E-state index contributed by atoms with van der Waals surface area (Å²) >= 11 is 1.81. The molecule has 1 rings (SSSR count). The van der Waals surface area contributed by atoms with E-state index in [0.717, 1.165) is 32.8 Å². The Hall–Kier alpha value is -0.420. The molecule has 1 N–H and O–H groups in total. The summed E-state index contributed by atoms with van der Waals surface area (Å²) < 4.78 is 5.13. The van der Waals surface area contributed by atoms with Gasteiger partial charge in [-0.05, 0) is 25.3 Å². The number of hydrogen-bond acceptors (Lipinski definition) is 4. The van der Waals surface area contributed by atoms with Gasteiger partial charge in [-0.2, -0.15) is 0 Å². The van der Waals surface area contributed by atoms with E-state index in [9.17, 15) is 0 Å². The third kappa shape index (κ3) is 6.17. The van der Waals surface area contributed by atoms with Gasteiger partial charge in [0.1, 0.15) is 0 Å². The molecule has 1 aromatic heterocycles. The maximum Gasteiger partial charge on any atom is 0.0589 e. The van der Waals surface area contributed by atoms with E-state index >= 15 is 0 Å². The molecule has 17 heavy (non-hydrogen) atoms. The Morgan fingerprint density at radius 3 is 2.82 bits per heavy atom. The number of hydrogen-bond donors (Lipinski definition) is 1. The highest BCUT2D eigenvalue weighted by Crippen LogP contribution is 2.07. The van der Waals surface area contributed by atoms with Crippen LogP contribution in [0.15, 0.2) is 17.5 Å². The van der Waals surface area contributed by atoms with Crippen LogP contribution < -0.4 is 5.32 Å². The highest BCUT2D eigenvalue weighted by atomic mass is 32.1. The van der Waals surface area contributed by atoms with Gasteiger partial charge in [-0.3, -0.25) is 4.90 Å². The highest BCUT2D eigenvalue weighted by molar-refractivity contribution is 7.09. The minimum atomic E-state index is 0.577. The quantitative estimate of drug-likeness (QED) is 0.686. The first-order chi connectivity index (χ1) is 8.24. The minimum Gasteiger partial charge on any atom is -0.383 e. The standard InChI is InChI=1S/C13H24N2OS/c1-12(2)15(8-9-16-3)7-6-14-11-13-5-4-10-17-13/h4-5,10,12,14H,6-9,11H2,1-3H3. The summed E-state index contributed by atoms with van der Waals surface area (Å²) in [5.41, 5.74) is 0. The molecule has 0 aromatic carbocycles. The summed E-state index contributed by atoms with van der Waals surface area (Å²) in [6.45, 7) is 9.36. The molecule has 0 amide bonds. The highest BCUT2D eigenvalue weighted by Gasteiger charge is 2.07. The largest absolute Gasteiger partial charge is 0.383 e. The van der Waals surface area contributed by atoms with Crippen LogP contribution in [0.1, 0.15) is 18.7 Å². The van der Waals surface area contributed by atoms with Crippen LogP contribution in [0, 0.1) is 0 Å². The van der Waals surface area contributed by atoms with E-state index in [1.807, 2.05) is 0 Å². The smallest absolute Gasteiger partial charge is 0.0589 e. The van der Waals surface area contributed by atoms with Gasteiger partial charge in [-0.15, -0.1) is 11.3 Å². The van der Waals surface area contributed by atoms with Crippen LogP contribution in [0.4, 0.5) is 0 Å². The van der Waals surface area contributed by atoms with Crippen molar-refractivity contribution < 1.29 is 4.74 Å². The van der Waals surface area contributed by atoms with Gasteiger partial charge >= 0.3 is 0 Å². The van der Waals surface area contributed by atoms with Crippen molar-refractivity contribution in [1.29, 1.82) is 0 Å². The molecule has 1 aromatic rings. The summed E-state index contributed by atoms with van der Waals surface area (Å²) in [4.78, 5) is 3.84. The van der Waals surface area contributed by atoms with Crippen molar-refractivity contribution in [2.24, 2.45) is 0 Å². The zero-order valence-electron chi connectivity index (χ0n) is 11.1. The lowest BCUT2D eigenvalue weighted by Crippen LogP contribution is -2.38. The normalized spacial score (nSPS) is 11.6. The van der Waals surface area contributed by atoms with E-state index in [1.165, 1.54) is 4.88 Å². The zero-order chi connectivity index (χ0) is 12.5. The first-order valence-electron chi connectivity index (χ1n) is 6.20. The average Bonchev–Trinajstić information content (AvgIpc) is 2.80. The molecule has 0 saturated carbocycles. The van der Waals surface area contributed by atoms with E-state index in [-0.39, 0.29) is 0 Å². The average molecular weight is 256 g/mol. The van der Waals surface area contributed by atoms with Crippen molar-refractivity contribution in [2.45, 2.75) is 26.4 Å². The molecule has 0 aliphatic carbocycles. The number of nitrogens with zero attached hydrogens (tertiary/aromatic N) is 1. The predicted molar refractivity (Wildman–Crippen MR) is 74.6 cm³/mol. The van der Waals surface area contributed by atoms with E-state index in [2.05, 4.69) is 41.6 Å². The molecule has 0 atom stereocenters. The third-order valence-corrected chi connectivity index (χ3v) is 3.64. The predicted octanol–water partition coefficient (Wildman–Crippen LogP) is 2.19. The van der Waals surface area contributed by atoms with Crippen LogP contribution in [0.2, 0.25) is 0 Å². The molecular formula is C13H24N2OS. The molecule has 0 bridgehead atoms. The molecule has 0 unspecified atom stereocenters. The fraction of sp³-hybridized carbons (Fsp3) is 0.692. The Balaban J connectivity index is 2.13. The van der Waals surface area contributed by atoms with Crippen LogP contribution in [-0.4, -0.2) is 44.3 Å². The first kappa shape index (κ1) is 14.6. The SMILES string of the molecule is COCCN(CCNCc1cccs1)C(C)C. The number of ether oxygens (including phenoxy) is 1. The molecule has 0 aliphatic rings. The van der Waals surface area contributed by atoms with Crippen molar-refractivity contribution in [1.82, 2.24) is 10.2 Å². The number of methoxy groups -OCH3 is 1. The zero-order valence-corrected chi connectivity index (χ0v) is 11.9. The maximum atomic E-state index is 5.13. The van der Waals surface area contributed by atoms with Crippen molar-refractivity contribution >= 4 is 11.3 Å². The Morgan fingerprint density at radius 2 is 2.24 bits per heavy atom. The summed E-state index contributed by atoms with van der Waals surface area (Å²) in [5.74, 6) is 0. The molecule has 4 heteroatoms. The van der Waals surface area contributed by atoms with E-state index in [0.29, 0.717) is 6.04 Å². The van der Waals surface area contributed by atoms with Gasteiger partial charge in [0.15, 0.2) is 0 Å². The van der Waals surface area contributed by atoms with Gasteiger partial charge < -0.3 is 10.1 Å². The van der Waals surface area contributed by atoms with Gasteiger partial charge in [-0.25, -0.2) is 0 Å². The van der Waals surface area contributed by atoms with Gasteiger partial charge in [-0.1, -0.05) is 6.07 Å². The van der Waals surface area contributed by atoms with Crippen molar-refractivity contribution in [2.75, 3.05) is 33.4 Å². The third-order valence-electron chi connectivity index (χ3n) is 2.77. The Bertz CT molecular complexity index is 275. The van der Waals surface area contributed by atoms with Crippen LogP contribution in [0.5, 0.6) is 0 Å². The summed E-state index contributed by atoms with van der Waals surface area (Å²) in [6.07, 6.45) is 0. The van der Waals surface area contributed by atoms with Gasteiger partial charge in [0.25, 0.3) is 0 Å². The molecule has 98 valence electrons. The van der Waals surface area contributed by atoms with Crippen molar-refractivity contribution in [3.05, 3.63) is 22.4 Å². The Labute approximate surface area is 109 Å². The first-order valence-corrected chi connectivity index (χ1v) is 7.08. The van der Waals surface area contributed by atoms with Gasteiger partial charge in [0.2, 0.25) is 0 Å². The Morgan fingerprint density at radius 1 is 1.41 bits per heavy atom. The van der Waals surface area contributed by atoms with Crippen molar-refractivity contribution in [3.8, 4) is 0 Å². The lowest BCUT2D eigenvalue weighted by atomic mass is 10.3. The fourth-order valence-electron chi connectivity index (χ4n) is 1.68. The number of nitrogens with one attached hydrogen (secondary N) is 1. The molecule has 0 fully saturated rings. The summed E-state index contributed by atoms with van der Waals surface area (Å²) in [5, 5.41) is 5.60. The molecule has 0 radical (unpaired) electrons. The second kappa shape index (κ2) is 8.64. The van der Waals surface area contributed by atoms with Gasteiger partial charge in [0, 0.05) is 44.2 Å². The minimum absolute atomic E-state index is 0.577. The topological polar surface area (TPSA) is 24.5 Å². The molecule has 0 spiro atoms. The summed E-state index contributed by atoms with van der Waals surface area (Å²) in [7, 11) is 1.76. The van der Waals surface area contributed by atoms with Crippen LogP contribution in [0.3, 0.4) is 0 Å². The lowest BCUT2D eigenvalue weighted by molar-refractivity contribution is 0.130. The maximum absolute atomic E-state index is 5.13. The van der Waals surface area contributed by atoms with E-state index in [1.54, 1.807) is 18.4 Å². The summed E-state index contributed by atoms with van der Waals surface area (Å²) in [6, 6.07) is 4.84. The molecule has 3 nitrogen and oxygen atoms in total. The second-order valence-electron chi connectivity index (χ2n) is 4.38. The van der Waals surface area contributed by atoms with Crippen LogP contribution in [-0.2, 0) is 11.3 Å². The second-order valence-corrected chi connectivity index (χ2v) is 5.41. The van der Waals surface area contributed by atoms with Gasteiger partial charge in [0.05, 0.1) is 6.61 Å². The number of rotatable bonds is 9. The van der Waals surface area contributed by atoms with E-state index < -0.39 is 0 Å². The van der Waals surface area contributed by atoms with Crippen LogP contribution in [0.25, 0.3) is 0 Å². The fourth-order valence-corrected chi connectivity index (χ4v) is 2.36. The monoisotopic (exact) mass is 256 g/mol. The number of thiophene rings is 1. The molecular weight excluding hydrogens is 232 g/mol.